The van der Waals surface area contributed by atoms with E-state index in [0.29, 0.717) is 4.90 Å². The summed E-state index contributed by atoms with van der Waals surface area (Å²) in [5, 5.41) is 0. The van der Waals surface area contributed by atoms with Crippen molar-refractivity contribution in [1.82, 2.24) is 4.90 Å². The maximum Gasteiger partial charge on any atom is 0.468 e. The first-order valence-electron chi connectivity index (χ1n) is 17.9. The minimum Gasteiger partial charge on any atom is -0.463 e. The lowest BCUT2D eigenvalue weighted by Crippen LogP contribution is -2.70. The summed E-state index contributed by atoms with van der Waals surface area (Å²) in [7, 11) is 0. The topological polar surface area (TPSA) is 218 Å². The lowest BCUT2D eigenvalue weighted by molar-refractivity contribution is -0.343. The normalized spacial score (nSPS) is 28.2. The molecule has 59 heavy (non-hydrogen) atoms. The second-order valence-electron chi connectivity index (χ2n) is 13.3. The number of carbonyl (C=O) groups is 7. The van der Waals surface area contributed by atoms with Gasteiger partial charge in [0.2, 0.25) is 6.29 Å². The van der Waals surface area contributed by atoms with Gasteiger partial charge in [-0.1, -0.05) is 30.3 Å². The molecule has 0 aromatic heterocycles. The molecule has 0 bridgehead atoms. The van der Waals surface area contributed by atoms with Crippen LogP contribution in [0.1, 0.15) is 62.3 Å². The van der Waals surface area contributed by atoms with Gasteiger partial charge in [-0.15, -0.1) is 0 Å². The van der Waals surface area contributed by atoms with E-state index in [4.69, 9.17) is 42.6 Å². The molecule has 0 unspecified atom stereocenters. The third kappa shape index (κ3) is 10.4. The van der Waals surface area contributed by atoms with Gasteiger partial charge in [0.15, 0.2) is 30.7 Å². The Hall–Kier alpha value is -5.93. The standard InChI is InChI=1S/C38H39F3N2O16/c1-17-28(53-19(3)45)31(55-21(5)47)32(56-22(6)48)36(52-17)58-30-27(43-33(49)24-14-10-11-15-25(24)34(43)50)35(57-26(16-51-18(2)44)29(30)54-20(4)46)59-37(38(39,40)41)42-23-12-8-7-9-13-23/h7-15,17,26-32,35-36H,16H2,1-6H3/t17-,26+,27+,28-,29-,30+,31+,32+,35-,36-/m0/s1. The number of amides is 2. The molecule has 0 radical (unpaired) electrons. The van der Waals surface area contributed by atoms with Crippen molar-refractivity contribution in [3.63, 3.8) is 0 Å². The molecule has 0 aliphatic carbocycles. The number of aliphatic imine (C=N–C) groups is 1. The summed E-state index contributed by atoms with van der Waals surface area (Å²) in [5.74, 6) is -8.85. The van der Waals surface area contributed by atoms with Crippen LogP contribution in [0.5, 0.6) is 0 Å². The first kappa shape index (κ1) is 44.2. The number of para-hydroxylation sites is 1. The SMILES string of the molecule is CC(=O)OC[C@H]1O[C@@H](OC(=Nc2ccccc2)C(F)(F)F)[C@H](N2C(=O)c3ccccc3C2=O)[C@@H](O[C@@H]2O[C@@H](C)[C@H](OC(C)=O)[C@@H](OC(C)=O)[C@H]2OC(C)=O)[C@H]1OC(C)=O. The number of fused-ring (bicyclic) bond motifs is 1. The Morgan fingerprint density at radius 3 is 1.68 bits per heavy atom. The van der Waals surface area contributed by atoms with Crippen LogP contribution in [0.3, 0.4) is 0 Å². The van der Waals surface area contributed by atoms with E-state index >= 15 is 0 Å². The highest BCUT2D eigenvalue weighted by Gasteiger charge is 2.61. The molecule has 21 heteroatoms. The highest BCUT2D eigenvalue weighted by molar-refractivity contribution is 6.21. The number of carbonyl (C=O) groups excluding carboxylic acids is 7. The Morgan fingerprint density at radius 1 is 0.644 bits per heavy atom. The van der Waals surface area contributed by atoms with Crippen LogP contribution >= 0.6 is 0 Å². The van der Waals surface area contributed by atoms with Crippen molar-refractivity contribution in [2.24, 2.45) is 4.99 Å². The second-order valence-corrected chi connectivity index (χ2v) is 13.3. The van der Waals surface area contributed by atoms with Crippen LogP contribution in [-0.2, 0) is 66.6 Å². The van der Waals surface area contributed by atoms with Crippen LogP contribution in [0.2, 0.25) is 0 Å². The molecule has 3 aliphatic rings. The molecule has 2 amide bonds. The van der Waals surface area contributed by atoms with Gasteiger partial charge in [-0.2, -0.15) is 13.2 Å². The maximum absolute atomic E-state index is 14.8. The quantitative estimate of drug-likeness (QED) is 0.104. The summed E-state index contributed by atoms with van der Waals surface area (Å²) in [5.41, 5.74) is -0.605. The summed E-state index contributed by atoms with van der Waals surface area (Å²) < 4.78 is 95.3. The number of alkyl halides is 3. The molecule has 2 aromatic carbocycles. The van der Waals surface area contributed by atoms with E-state index in [1.165, 1.54) is 61.5 Å². The fourth-order valence-electron chi connectivity index (χ4n) is 6.68. The molecule has 10 atom stereocenters. The van der Waals surface area contributed by atoms with Gasteiger partial charge < -0.3 is 42.6 Å². The fourth-order valence-corrected chi connectivity index (χ4v) is 6.68. The molecule has 5 rings (SSSR count). The molecular weight excluding hydrogens is 797 g/mol. The zero-order chi connectivity index (χ0) is 43.3. The Bertz CT molecular complexity index is 1940. The fraction of sp³-hybridized carbons (Fsp3) is 0.474. The number of nitrogens with zero attached hydrogens (tertiary/aromatic N) is 2. The molecule has 0 N–H and O–H groups in total. The smallest absolute Gasteiger partial charge is 0.463 e. The van der Waals surface area contributed by atoms with Gasteiger partial charge >= 0.3 is 36.0 Å². The molecular formula is C38H39F3N2O16. The first-order chi connectivity index (χ1) is 27.8. The zero-order valence-electron chi connectivity index (χ0n) is 32.2. The summed E-state index contributed by atoms with van der Waals surface area (Å²) in [6.07, 6.45) is -21.7. The molecule has 2 fully saturated rings. The third-order valence-corrected chi connectivity index (χ3v) is 8.87. The summed E-state index contributed by atoms with van der Waals surface area (Å²) >= 11 is 0. The maximum atomic E-state index is 14.8. The average Bonchev–Trinajstić information content (AvgIpc) is 3.39. The van der Waals surface area contributed by atoms with E-state index in [9.17, 15) is 46.7 Å². The first-order valence-corrected chi connectivity index (χ1v) is 17.9. The molecule has 18 nitrogen and oxygen atoms in total. The van der Waals surface area contributed by atoms with Crippen LogP contribution in [0.15, 0.2) is 59.6 Å². The zero-order valence-corrected chi connectivity index (χ0v) is 32.2. The Balaban J connectivity index is 1.73. The minimum absolute atomic E-state index is 0.186. The lowest BCUT2D eigenvalue weighted by atomic mass is 9.93. The lowest BCUT2D eigenvalue weighted by Gasteiger charge is -2.50. The number of esters is 5. The summed E-state index contributed by atoms with van der Waals surface area (Å²) in [6, 6.07) is 10.00. The molecule has 3 heterocycles. The van der Waals surface area contributed by atoms with Crippen LogP contribution in [-0.4, -0.2) is 127 Å². The van der Waals surface area contributed by atoms with Crippen LogP contribution < -0.4 is 0 Å². The highest BCUT2D eigenvalue weighted by Crippen LogP contribution is 2.39. The van der Waals surface area contributed by atoms with Crippen molar-refractivity contribution >= 4 is 53.2 Å². The number of halogens is 3. The van der Waals surface area contributed by atoms with Crippen molar-refractivity contribution in [3.8, 4) is 0 Å². The van der Waals surface area contributed by atoms with E-state index in [2.05, 4.69) is 4.99 Å². The van der Waals surface area contributed by atoms with Crippen molar-refractivity contribution < 1.29 is 89.4 Å². The van der Waals surface area contributed by atoms with Gasteiger partial charge in [-0.3, -0.25) is 38.5 Å². The number of rotatable bonds is 11. The van der Waals surface area contributed by atoms with Crippen LogP contribution in [0, 0.1) is 0 Å². The number of hydrogen-bond donors (Lipinski definition) is 0. The van der Waals surface area contributed by atoms with Gasteiger partial charge in [-0.05, 0) is 31.2 Å². The predicted molar refractivity (Wildman–Crippen MR) is 188 cm³/mol. The number of imide groups is 1. The number of hydrogen-bond acceptors (Lipinski definition) is 17. The molecule has 0 spiro atoms. The van der Waals surface area contributed by atoms with Crippen molar-refractivity contribution in [2.75, 3.05) is 6.61 Å². The average molecular weight is 837 g/mol. The van der Waals surface area contributed by atoms with Gasteiger partial charge in [0.1, 0.15) is 24.9 Å². The Kier molecular flexibility index (Phi) is 13.7. The van der Waals surface area contributed by atoms with E-state index in [1.54, 1.807) is 0 Å². The van der Waals surface area contributed by atoms with Gasteiger partial charge in [0.05, 0.1) is 22.9 Å². The van der Waals surface area contributed by atoms with Crippen molar-refractivity contribution in [3.05, 3.63) is 65.7 Å². The second kappa shape index (κ2) is 18.3. The van der Waals surface area contributed by atoms with Crippen molar-refractivity contribution in [2.45, 2.75) is 109 Å². The van der Waals surface area contributed by atoms with Crippen LogP contribution in [0.4, 0.5) is 18.9 Å². The van der Waals surface area contributed by atoms with E-state index in [0.717, 1.165) is 34.6 Å². The summed E-state index contributed by atoms with van der Waals surface area (Å²) in [6.45, 7) is 5.45. The van der Waals surface area contributed by atoms with Crippen LogP contribution in [0.25, 0.3) is 0 Å². The highest BCUT2D eigenvalue weighted by atomic mass is 19.4. The summed E-state index contributed by atoms with van der Waals surface area (Å²) in [4.78, 5) is 94.3. The molecule has 2 aromatic rings. The molecule has 3 aliphatic heterocycles. The van der Waals surface area contributed by atoms with Gasteiger partial charge in [0.25, 0.3) is 17.7 Å². The van der Waals surface area contributed by atoms with E-state index < -0.39 is 122 Å². The van der Waals surface area contributed by atoms with E-state index in [1.807, 2.05) is 0 Å². The number of ether oxygens (including phenoxy) is 9. The Morgan fingerprint density at radius 2 is 1.15 bits per heavy atom. The monoisotopic (exact) mass is 836 g/mol. The molecule has 318 valence electrons. The largest absolute Gasteiger partial charge is 0.468 e. The molecule has 0 saturated carbocycles. The number of benzene rings is 2. The third-order valence-electron chi connectivity index (χ3n) is 8.87. The van der Waals surface area contributed by atoms with E-state index in [-0.39, 0.29) is 16.8 Å². The van der Waals surface area contributed by atoms with Crippen molar-refractivity contribution in [1.29, 1.82) is 0 Å². The predicted octanol–water partition coefficient (Wildman–Crippen LogP) is 3.11. The Labute approximate surface area is 333 Å². The van der Waals surface area contributed by atoms with Gasteiger partial charge in [-0.25, -0.2) is 4.99 Å². The molecule has 2 saturated heterocycles. The minimum atomic E-state index is -5.36. The van der Waals surface area contributed by atoms with Gasteiger partial charge in [0, 0.05) is 34.6 Å².